The van der Waals surface area contributed by atoms with Crippen molar-refractivity contribution in [3.05, 3.63) is 28.0 Å². The van der Waals surface area contributed by atoms with Gasteiger partial charge >= 0.3 is 0 Å². The van der Waals surface area contributed by atoms with Gasteiger partial charge in [0.15, 0.2) is 0 Å². The van der Waals surface area contributed by atoms with Crippen LogP contribution in [0.2, 0.25) is 0 Å². The zero-order chi connectivity index (χ0) is 11.0. The fraction of sp³-hybridized carbons (Fsp3) is 0.300. The van der Waals surface area contributed by atoms with E-state index >= 15 is 0 Å². The summed E-state index contributed by atoms with van der Waals surface area (Å²) >= 11 is 3.42. The minimum absolute atomic E-state index is 0.213. The molecule has 1 atom stereocenters. The molecule has 1 heterocycles. The second kappa shape index (κ2) is 3.92. The van der Waals surface area contributed by atoms with Crippen LogP contribution in [-0.4, -0.2) is 21.6 Å². The van der Waals surface area contributed by atoms with Crippen molar-refractivity contribution in [1.82, 2.24) is 9.97 Å². The lowest BCUT2D eigenvalue weighted by molar-refractivity contribution is 0.187. The summed E-state index contributed by atoms with van der Waals surface area (Å²) < 4.78 is 0.867. The molecule has 0 spiro atoms. The Morgan fingerprint density at radius 1 is 1.60 bits per heavy atom. The van der Waals surface area contributed by atoms with E-state index in [4.69, 9.17) is 5.73 Å². The number of nitrogens with zero attached hydrogens (tertiary/aromatic N) is 1. The fourth-order valence-corrected chi connectivity index (χ4v) is 2.11. The van der Waals surface area contributed by atoms with Gasteiger partial charge in [-0.05, 0) is 40.5 Å². The van der Waals surface area contributed by atoms with Crippen molar-refractivity contribution in [3.8, 4) is 0 Å². The Labute approximate surface area is 95.6 Å². The second-order valence-corrected chi connectivity index (χ2v) is 4.33. The van der Waals surface area contributed by atoms with Gasteiger partial charge in [0, 0.05) is 11.0 Å². The van der Waals surface area contributed by atoms with Crippen molar-refractivity contribution in [2.24, 2.45) is 5.73 Å². The molecule has 0 aliphatic heterocycles. The molecule has 15 heavy (non-hydrogen) atoms. The molecule has 5 heteroatoms. The SMILES string of the molecule is Cc1nc2c(Br)cc(C(O)CN)cc2[nH]1. The first kappa shape index (κ1) is 10.6. The number of aromatic nitrogens is 2. The number of fused-ring (bicyclic) bond motifs is 1. The number of aliphatic hydroxyl groups excluding tert-OH is 1. The highest BCUT2D eigenvalue weighted by Gasteiger charge is 2.10. The number of rotatable bonds is 2. The Morgan fingerprint density at radius 3 is 3.00 bits per heavy atom. The Balaban J connectivity index is 2.61. The first-order valence-electron chi connectivity index (χ1n) is 4.65. The van der Waals surface area contributed by atoms with Crippen molar-refractivity contribution >= 4 is 27.0 Å². The molecule has 4 nitrogen and oxygen atoms in total. The summed E-state index contributed by atoms with van der Waals surface area (Å²) in [5.74, 6) is 0.852. The number of imidazole rings is 1. The van der Waals surface area contributed by atoms with Crippen LogP contribution >= 0.6 is 15.9 Å². The topological polar surface area (TPSA) is 74.9 Å². The Bertz CT molecular complexity index is 495. The van der Waals surface area contributed by atoms with Crippen molar-refractivity contribution in [1.29, 1.82) is 0 Å². The third-order valence-corrected chi connectivity index (χ3v) is 2.89. The van der Waals surface area contributed by atoms with E-state index in [1.807, 2.05) is 19.1 Å². The quantitative estimate of drug-likeness (QED) is 0.776. The number of hydrogen-bond acceptors (Lipinski definition) is 3. The Morgan fingerprint density at radius 2 is 2.33 bits per heavy atom. The van der Waals surface area contributed by atoms with Gasteiger partial charge < -0.3 is 15.8 Å². The minimum atomic E-state index is -0.630. The van der Waals surface area contributed by atoms with Gasteiger partial charge in [-0.3, -0.25) is 0 Å². The standard InChI is InChI=1S/C10H12BrN3O/c1-5-13-8-3-6(9(15)4-12)2-7(11)10(8)14-5/h2-3,9,15H,4,12H2,1H3,(H,13,14). The third-order valence-electron chi connectivity index (χ3n) is 2.29. The molecule has 0 fully saturated rings. The summed E-state index contributed by atoms with van der Waals surface area (Å²) in [4.78, 5) is 7.45. The van der Waals surface area contributed by atoms with Crippen LogP contribution in [0.1, 0.15) is 17.5 Å². The van der Waals surface area contributed by atoms with E-state index in [1.165, 1.54) is 0 Å². The fourth-order valence-electron chi connectivity index (χ4n) is 1.55. The Kier molecular flexibility index (Phi) is 2.77. The van der Waals surface area contributed by atoms with Gasteiger partial charge in [-0.1, -0.05) is 0 Å². The maximum absolute atomic E-state index is 9.64. The molecule has 0 saturated carbocycles. The number of aromatic amines is 1. The molecule has 2 rings (SSSR count). The van der Waals surface area contributed by atoms with Gasteiger partial charge in [0.2, 0.25) is 0 Å². The lowest BCUT2D eigenvalue weighted by Gasteiger charge is -2.08. The largest absolute Gasteiger partial charge is 0.387 e. The van der Waals surface area contributed by atoms with Gasteiger partial charge in [0.1, 0.15) is 11.3 Å². The second-order valence-electron chi connectivity index (χ2n) is 3.47. The van der Waals surface area contributed by atoms with E-state index in [0.717, 1.165) is 26.9 Å². The number of halogens is 1. The molecular weight excluding hydrogens is 258 g/mol. The van der Waals surface area contributed by atoms with Crippen molar-refractivity contribution in [2.75, 3.05) is 6.54 Å². The average molecular weight is 270 g/mol. The summed E-state index contributed by atoms with van der Waals surface area (Å²) in [6, 6.07) is 3.72. The molecule has 0 saturated heterocycles. The summed E-state index contributed by atoms with van der Waals surface area (Å²) in [6.07, 6.45) is -0.630. The van der Waals surface area contributed by atoms with E-state index in [1.54, 1.807) is 0 Å². The van der Waals surface area contributed by atoms with Crippen molar-refractivity contribution < 1.29 is 5.11 Å². The van der Waals surface area contributed by atoms with Crippen LogP contribution < -0.4 is 5.73 Å². The highest BCUT2D eigenvalue weighted by Crippen LogP contribution is 2.26. The summed E-state index contributed by atoms with van der Waals surface area (Å²) in [5.41, 5.74) is 7.99. The van der Waals surface area contributed by atoms with Gasteiger partial charge in [-0.25, -0.2) is 4.98 Å². The third kappa shape index (κ3) is 1.90. The molecule has 4 N–H and O–H groups in total. The first-order chi connectivity index (χ1) is 7.11. The van der Waals surface area contributed by atoms with Gasteiger partial charge in [-0.15, -0.1) is 0 Å². The minimum Gasteiger partial charge on any atom is -0.387 e. The van der Waals surface area contributed by atoms with E-state index in [-0.39, 0.29) is 6.54 Å². The maximum Gasteiger partial charge on any atom is 0.104 e. The zero-order valence-corrected chi connectivity index (χ0v) is 9.87. The van der Waals surface area contributed by atoms with Crippen LogP contribution in [-0.2, 0) is 0 Å². The van der Waals surface area contributed by atoms with Gasteiger partial charge in [0.25, 0.3) is 0 Å². The van der Waals surface area contributed by atoms with Crippen LogP contribution in [0.3, 0.4) is 0 Å². The number of H-pyrrole nitrogens is 1. The van der Waals surface area contributed by atoms with Crippen LogP contribution in [0.25, 0.3) is 11.0 Å². The highest BCUT2D eigenvalue weighted by molar-refractivity contribution is 9.10. The van der Waals surface area contributed by atoms with Crippen LogP contribution in [0.5, 0.6) is 0 Å². The van der Waals surface area contributed by atoms with E-state index in [0.29, 0.717) is 0 Å². The summed E-state index contributed by atoms with van der Waals surface area (Å²) in [6.45, 7) is 2.11. The number of aryl methyl sites for hydroxylation is 1. The lowest BCUT2D eigenvalue weighted by atomic mass is 10.1. The summed E-state index contributed by atoms with van der Waals surface area (Å²) in [5, 5.41) is 9.64. The van der Waals surface area contributed by atoms with E-state index in [9.17, 15) is 5.11 Å². The number of hydrogen-bond donors (Lipinski definition) is 3. The molecule has 0 amide bonds. The molecule has 0 radical (unpaired) electrons. The molecule has 80 valence electrons. The zero-order valence-electron chi connectivity index (χ0n) is 8.29. The molecule has 0 bridgehead atoms. The summed E-state index contributed by atoms with van der Waals surface area (Å²) in [7, 11) is 0. The lowest BCUT2D eigenvalue weighted by Crippen LogP contribution is -2.11. The van der Waals surface area contributed by atoms with Crippen LogP contribution in [0.15, 0.2) is 16.6 Å². The monoisotopic (exact) mass is 269 g/mol. The molecule has 0 aliphatic carbocycles. The average Bonchev–Trinajstić information content (AvgIpc) is 2.58. The number of nitrogens with one attached hydrogen (secondary N) is 1. The van der Waals surface area contributed by atoms with Gasteiger partial charge in [-0.2, -0.15) is 0 Å². The highest BCUT2D eigenvalue weighted by atomic mass is 79.9. The number of nitrogens with two attached hydrogens (primary N) is 1. The molecule has 2 aromatic rings. The van der Waals surface area contributed by atoms with Crippen LogP contribution in [0.4, 0.5) is 0 Å². The first-order valence-corrected chi connectivity index (χ1v) is 5.45. The number of benzene rings is 1. The van der Waals surface area contributed by atoms with Crippen LogP contribution in [0, 0.1) is 6.92 Å². The molecule has 1 unspecified atom stereocenters. The smallest absolute Gasteiger partial charge is 0.104 e. The number of aliphatic hydroxyl groups is 1. The molecule has 1 aromatic heterocycles. The maximum atomic E-state index is 9.64. The molecule has 0 aliphatic rings. The Hall–Kier alpha value is -0.910. The van der Waals surface area contributed by atoms with E-state index in [2.05, 4.69) is 25.9 Å². The van der Waals surface area contributed by atoms with Crippen molar-refractivity contribution in [2.45, 2.75) is 13.0 Å². The predicted octanol–water partition coefficient (Wildman–Crippen LogP) is 1.63. The predicted molar refractivity (Wildman–Crippen MR) is 62.5 cm³/mol. The van der Waals surface area contributed by atoms with Crippen molar-refractivity contribution in [3.63, 3.8) is 0 Å². The molecule has 1 aromatic carbocycles. The normalized spacial score (nSPS) is 13.3. The van der Waals surface area contributed by atoms with Gasteiger partial charge in [0.05, 0.1) is 11.6 Å². The van der Waals surface area contributed by atoms with E-state index < -0.39 is 6.10 Å². The molecular formula is C10H12BrN3O.